The highest BCUT2D eigenvalue weighted by Gasteiger charge is 2.09. The standard InChI is InChI=1S/C22H24N2O3/c1-14(2)18-12-17-10-15(8-9-19(17)24-22(18)26)11-21(25)23-13-16-6-4-5-7-20(16)27-3/h4-10,12,14H,11,13H2,1-3H3,(H,23,25)(H,24,26). The van der Waals surface area contributed by atoms with Gasteiger partial charge in [-0.15, -0.1) is 0 Å². The van der Waals surface area contributed by atoms with Crippen LogP contribution in [0.25, 0.3) is 10.9 Å². The highest BCUT2D eigenvalue weighted by molar-refractivity contribution is 5.83. The van der Waals surface area contributed by atoms with Crippen molar-refractivity contribution in [1.29, 1.82) is 0 Å². The van der Waals surface area contributed by atoms with E-state index in [-0.39, 0.29) is 23.8 Å². The van der Waals surface area contributed by atoms with Crippen LogP contribution in [0, 0.1) is 0 Å². The van der Waals surface area contributed by atoms with Gasteiger partial charge in [0.15, 0.2) is 0 Å². The summed E-state index contributed by atoms with van der Waals surface area (Å²) in [5.74, 6) is 0.841. The number of benzene rings is 2. The number of amides is 1. The molecule has 0 bridgehead atoms. The molecule has 0 saturated heterocycles. The molecule has 5 nitrogen and oxygen atoms in total. The molecule has 2 aromatic carbocycles. The molecule has 1 aromatic heterocycles. The van der Waals surface area contributed by atoms with Crippen LogP contribution in [0.5, 0.6) is 5.75 Å². The molecule has 0 saturated carbocycles. The SMILES string of the molecule is COc1ccccc1CNC(=O)Cc1ccc2[nH]c(=O)c(C(C)C)cc2c1. The Balaban J connectivity index is 1.73. The minimum absolute atomic E-state index is 0.0557. The summed E-state index contributed by atoms with van der Waals surface area (Å²) in [6.07, 6.45) is 0.279. The maximum Gasteiger partial charge on any atom is 0.251 e. The number of nitrogens with one attached hydrogen (secondary N) is 2. The molecule has 0 aliphatic heterocycles. The van der Waals surface area contributed by atoms with E-state index < -0.39 is 0 Å². The quantitative estimate of drug-likeness (QED) is 0.703. The monoisotopic (exact) mass is 364 g/mol. The molecule has 2 N–H and O–H groups in total. The van der Waals surface area contributed by atoms with E-state index in [1.54, 1.807) is 7.11 Å². The number of carbonyl (C=O) groups is 1. The van der Waals surface area contributed by atoms with E-state index in [2.05, 4.69) is 10.3 Å². The largest absolute Gasteiger partial charge is 0.496 e. The van der Waals surface area contributed by atoms with Crippen LogP contribution >= 0.6 is 0 Å². The van der Waals surface area contributed by atoms with Gasteiger partial charge in [-0.2, -0.15) is 0 Å². The fourth-order valence-corrected chi connectivity index (χ4v) is 3.10. The number of hydrogen-bond acceptors (Lipinski definition) is 3. The number of para-hydroxylation sites is 1. The molecule has 0 spiro atoms. The van der Waals surface area contributed by atoms with Gasteiger partial charge in [-0.05, 0) is 41.1 Å². The second kappa shape index (κ2) is 8.08. The average molecular weight is 364 g/mol. The van der Waals surface area contributed by atoms with Crippen molar-refractivity contribution in [2.24, 2.45) is 0 Å². The molecule has 27 heavy (non-hydrogen) atoms. The molecular weight excluding hydrogens is 340 g/mol. The lowest BCUT2D eigenvalue weighted by atomic mass is 10.0. The lowest BCUT2D eigenvalue weighted by molar-refractivity contribution is -0.120. The van der Waals surface area contributed by atoms with Crippen molar-refractivity contribution >= 4 is 16.8 Å². The zero-order valence-corrected chi connectivity index (χ0v) is 15.8. The Labute approximate surface area is 158 Å². The number of carbonyl (C=O) groups excluding carboxylic acids is 1. The smallest absolute Gasteiger partial charge is 0.251 e. The molecule has 0 fully saturated rings. The van der Waals surface area contributed by atoms with E-state index in [1.165, 1.54) is 0 Å². The molecule has 0 aliphatic carbocycles. The third-order valence-corrected chi connectivity index (χ3v) is 4.59. The Morgan fingerprint density at radius 2 is 1.93 bits per heavy atom. The van der Waals surface area contributed by atoms with Crippen LogP contribution in [0.2, 0.25) is 0 Å². The van der Waals surface area contributed by atoms with E-state index in [9.17, 15) is 9.59 Å². The molecule has 0 atom stereocenters. The number of pyridine rings is 1. The molecule has 0 radical (unpaired) electrons. The number of H-pyrrole nitrogens is 1. The van der Waals surface area contributed by atoms with Crippen molar-refractivity contribution in [3.8, 4) is 5.75 Å². The number of fused-ring (bicyclic) bond motifs is 1. The molecular formula is C22H24N2O3. The minimum atomic E-state index is -0.0613. The lowest BCUT2D eigenvalue weighted by Gasteiger charge is -2.10. The topological polar surface area (TPSA) is 71.2 Å². The summed E-state index contributed by atoms with van der Waals surface area (Å²) in [6.45, 7) is 4.40. The zero-order valence-electron chi connectivity index (χ0n) is 15.8. The fourth-order valence-electron chi connectivity index (χ4n) is 3.10. The third kappa shape index (κ3) is 4.37. The fraction of sp³-hybridized carbons (Fsp3) is 0.273. The van der Waals surface area contributed by atoms with Gasteiger partial charge < -0.3 is 15.0 Å². The Bertz CT molecular complexity index is 1020. The van der Waals surface area contributed by atoms with Crippen LogP contribution in [0.4, 0.5) is 0 Å². The van der Waals surface area contributed by atoms with Crippen LogP contribution in [0.3, 0.4) is 0 Å². The van der Waals surface area contributed by atoms with Gasteiger partial charge in [0.25, 0.3) is 5.56 Å². The summed E-state index contributed by atoms with van der Waals surface area (Å²) < 4.78 is 5.30. The van der Waals surface area contributed by atoms with Crippen molar-refractivity contribution in [3.63, 3.8) is 0 Å². The maximum atomic E-state index is 12.3. The Morgan fingerprint density at radius 3 is 2.67 bits per heavy atom. The van der Waals surface area contributed by atoms with Gasteiger partial charge in [0.2, 0.25) is 5.91 Å². The van der Waals surface area contributed by atoms with Crippen LogP contribution in [0.1, 0.15) is 36.5 Å². The molecule has 1 amide bonds. The summed E-state index contributed by atoms with van der Waals surface area (Å²) in [7, 11) is 1.62. The number of aromatic amines is 1. The van der Waals surface area contributed by atoms with Crippen LogP contribution in [-0.4, -0.2) is 18.0 Å². The van der Waals surface area contributed by atoms with E-state index >= 15 is 0 Å². The van der Waals surface area contributed by atoms with Gasteiger partial charge in [0.1, 0.15) is 5.75 Å². The van der Waals surface area contributed by atoms with E-state index in [0.717, 1.165) is 33.3 Å². The number of hydrogen-bond donors (Lipinski definition) is 2. The van der Waals surface area contributed by atoms with Gasteiger partial charge in [0.05, 0.1) is 13.5 Å². The number of methoxy groups -OCH3 is 1. The molecule has 0 unspecified atom stereocenters. The van der Waals surface area contributed by atoms with E-state index in [0.29, 0.717) is 6.54 Å². The summed E-state index contributed by atoms with van der Waals surface area (Å²) in [5, 5.41) is 3.87. The third-order valence-electron chi connectivity index (χ3n) is 4.59. The van der Waals surface area contributed by atoms with Crippen molar-refractivity contribution in [1.82, 2.24) is 10.3 Å². The summed E-state index contributed by atoms with van der Waals surface area (Å²) in [6, 6.07) is 15.2. The van der Waals surface area contributed by atoms with Crippen molar-refractivity contribution in [2.75, 3.05) is 7.11 Å². The Kier molecular flexibility index (Phi) is 5.60. The maximum absolute atomic E-state index is 12.3. The molecule has 5 heteroatoms. The Morgan fingerprint density at radius 1 is 1.15 bits per heavy atom. The first-order chi connectivity index (χ1) is 13.0. The number of ether oxygens (including phenoxy) is 1. The highest BCUT2D eigenvalue weighted by atomic mass is 16.5. The van der Waals surface area contributed by atoms with E-state index in [4.69, 9.17) is 4.74 Å². The molecule has 3 rings (SSSR count). The van der Waals surface area contributed by atoms with Crippen molar-refractivity contribution < 1.29 is 9.53 Å². The molecule has 140 valence electrons. The minimum Gasteiger partial charge on any atom is -0.496 e. The average Bonchev–Trinajstić information content (AvgIpc) is 2.66. The first-order valence-corrected chi connectivity index (χ1v) is 9.02. The van der Waals surface area contributed by atoms with Crippen LogP contribution < -0.4 is 15.6 Å². The number of aromatic nitrogens is 1. The molecule has 1 heterocycles. The predicted octanol–water partition coefficient (Wildman–Crippen LogP) is 3.52. The summed E-state index contributed by atoms with van der Waals surface area (Å²) >= 11 is 0. The highest BCUT2D eigenvalue weighted by Crippen LogP contribution is 2.19. The van der Waals surface area contributed by atoms with Crippen molar-refractivity contribution in [3.05, 3.63) is 75.6 Å². The van der Waals surface area contributed by atoms with Gasteiger partial charge in [-0.1, -0.05) is 38.1 Å². The predicted molar refractivity (Wildman–Crippen MR) is 107 cm³/mol. The van der Waals surface area contributed by atoms with Crippen molar-refractivity contribution in [2.45, 2.75) is 32.7 Å². The number of rotatable bonds is 6. The molecule has 0 aliphatic rings. The second-order valence-electron chi connectivity index (χ2n) is 6.90. The van der Waals surface area contributed by atoms with Gasteiger partial charge >= 0.3 is 0 Å². The normalized spacial score (nSPS) is 11.0. The van der Waals surface area contributed by atoms with Gasteiger partial charge in [0, 0.05) is 23.2 Å². The molecule has 3 aromatic rings. The first kappa shape index (κ1) is 18.7. The van der Waals surface area contributed by atoms with E-state index in [1.807, 2.05) is 62.4 Å². The van der Waals surface area contributed by atoms with Crippen LogP contribution in [-0.2, 0) is 17.8 Å². The zero-order chi connectivity index (χ0) is 19.4. The van der Waals surface area contributed by atoms with Crippen LogP contribution in [0.15, 0.2) is 53.3 Å². The first-order valence-electron chi connectivity index (χ1n) is 9.02. The summed E-state index contributed by atoms with van der Waals surface area (Å²) in [4.78, 5) is 27.3. The lowest BCUT2D eigenvalue weighted by Crippen LogP contribution is -2.24. The summed E-state index contributed by atoms with van der Waals surface area (Å²) in [5.41, 5.74) is 3.32. The second-order valence-corrected chi connectivity index (χ2v) is 6.90. The van der Waals surface area contributed by atoms with Gasteiger partial charge in [-0.25, -0.2) is 0 Å². The van der Waals surface area contributed by atoms with Gasteiger partial charge in [-0.3, -0.25) is 9.59 Å². The Hall–Kier alpha value is -3.08.